The predicted molar refractivity (Wildman–Crippen MR) is 91.9 cm³/mol. The molecule has 0 saturated carbocycles. The molecule has 0 unspecified atom stereocenters. The fraction of sp³-hybridized carbons (Fsp3) is 0.368. The molecular formula is C19H21F3N2O. The van der Waals surface area contributed by atoms with Crippen LogP contribution in [-0.2, 0) is 12.7 Å². The highest BCUT2D eigenvalue weighted by atomic mass is 19.4. The third kappa shape index (κ3) is 3.90. The number of ether oxygens (including phenoxy) is 1. The van der Waals surface area contributed by atoms with Crippen LogP contribution >= 0.6 is 0 Å². The topological polar surface area (TPSA) is 38.5 Å². The first-order valence-electron chi connectivity index (χ1n) is 8.41. The molecule has 0 spiro atoms. The van der Waals surface area contributed by atoms with Crippen LogP contribution in [0.1, 0.15) is 30.4 Å². The Bertz CT molecular complexity index is 725. The Hall–Kier alpha value is -2.21. The van der Waals surface area contributed by atoms with Crippen molar-refractivity contribution in [3.8, 4) is 11.5 Å². The lowest BCUT2D eigenvalue weighted by Crippen LogP contribution is -2.30. The number of rotatable bonds is 4. The molecule has 0 amide bonds. The van der Waals surface area contributed by atoms with E-state index < -0.39 is 11.7 Å². The van der Waals surface area contributed by atoms with Gasteiger partial charge in [-0.25, -0.2) is 0 Å². The van der Waals surface area contributed by atoms with Gasteiger partial charge in [0.25, 0.3) is 0 Å². The fourth-order valence-corrected chi connectivity index (χ4v) is 3.19. The maximum Gasteiger partial charge on any atom is 0.419 e. The lowest BCUT2D eigenvalue weighted by atomic mass is 10.1. The van der Waals surface area contributed by atoms with Crippen LogP contribution in [-0.4, -0.2) is 13.1 Å². The van der Waals surface area contributed by atoms with Crippen molar-refractivity contribution in [2.45, 2.75) is 32.0 Å². The first kappa shape index (κ1) is 17.6. The average molecular weight is 350 g/mol. The molecule has 0 atom stereocenters. The first-order valence-corrected chi connectivity index (χ1v) is 8.41. The van der Waals surface area contributed by atoms with Gasteiger partial charge in [-0.15, -0.1) is 0 Å². The summed E-state index contributed by atoms with van der Waals surface area (Å²) in [6.45, 7) is 2.06. The maximum absolute atomic E-state index is 13.2. The zero-order valence-corrected chi connectivity index (χ0v) is 13.9. The molecular weight excluding hydrogens is 329 g/mol. The van der Waals surface area contributed by atoms with E-state index in [0.29, 0.717) is 5.75 Å². The summed E-state index contributed by atoms with van der Waals surface area (Å²) in [7, 11) is 0. The fourth-order valence-electron chi connectivity index (χ4n) is 3.19. The van der Waals surface area contributed by atoms with E-state index in [4.69, 9.17) is 10.5 Å². The number of alkyl halides is 3. The standard InChI is InChI=1S/C19H21F3N2O/c20-19(21,22)15-7-2-3-9-18(15)25-17-10-6-8-16(14(17)13-23)24-11-4-1-5-12-24/h2-3,6-10H,1,4-5,11-13,23H2. The van der Waals surface area contributed by atoms with Gasteiger partial charge in [-0.1, -0.05) is 18.2 Å². The highest BCUT2D eigenvalue weighted by Gasteiger charge is 2.34. The Kier molecular flexibility index (Phi) is 5.18. The van der Waals surface area contributed by atoms with Crippen molar-refractivity contribution in [2.24, 2.45) is 5.73 Å². The summed E-state index contributed by atoms with van der Waals surface area (Å²) >= 11 is 0. The predicted octanol–water partition coefficient (Wildman–Crippen LogP) is 4.95. The normalized spacial score (nSPS) is 15.3. The second kappa shape index (κ2) is 7.35. The molecule has 3 rings (SSSR count). The summed E-state index contributed by atoms with van der Waals surface area (Å²) in [4.78, 5) is 2.23. The number of hydrogen-bond acceptors (Lipinski definition) is 3. The summed E-state index contributed by atoms with van der Waals surface area (Å²) in [5.41, 5.74) is 6.80. The van der Waals surface area contributed by atoms with Crippen LogP contribution in [0.4, 0.5) is 18.9 Å². The summed E-state index contributed by atoms with van der Waals surface area (Å²) < 4.78 is 45.2. The van der Waals surface area contributed by atoms with E-state index in [9.17, 15) is 13.2 Å². The molecule has 0 bridgehead atoms. The van der Waals surface area contributed by atoms with Crippen LogP contribution in [0.3, 0.4) is 0 Å². The lowest BCUT2D eigenvalue weighted by molar-refractivity contribution is -0.138. The van der Waals surface area contributed by atoms with Gasteiger partial charge in [0.2, 0.25) is 0 Å². The first-order chi connectivity index (χ1) is 12.0. The average Bonchev–Trinajstić information content (AvgIpc) is 2.62. The van der Waals surface area contributed by atoms with Gasteiger partial charge in [0.05, 0.1) is 5.56 Å². The Labute approximate surface area is 145 Å². The molecule has 1 saturated heterocycles. The second-order valence-corrected chi connectivity index (χ2v) is 6.10. The van der Waals surface area contributed by atoms with Crippen LogP contribution in [0.15, 0.2) is 42.5 Å². The number of piperidine rings is 1. The summed E-state index contributed by atoms with van der Waals surface area (Å²) in [5.74, 6) is 0.169. The van der Waals surface area contributed by atoms with Crippen molar-refractivity contribution < 1.29 is 17.9 Å². The van der Waals surface area contributed by atoms with Crippen LogP contribution in [0.25, 0.3) is 0 Å². The van der Waals surface area contributed by atoms with E-state index in [1.807, 2.05) is 6.07 Å². The molecule has 0 aliphatic carbocycles. The van der Waals surface area contributed by atoms with E-state index in [1.54, 1.807) is 12.1 Å². The molecule has 0 aromatic heterocycles. The van der Waals surface area contributed by atoms with Crippen LogP contribution in [0.5, 0.6) is 11.5 Å². The molecule has 3 nitrogen and oxygen atoms in total. The van der Waals surface area contributed by atoms with E-state index in [2.05, 4.69) is 4.90 Å². The van der Waals surface area contributed by atoms with Gasteiger partial charge in [-0.2, -0.15) is 13.2 Å². The minimum absolute atomic E-state index is 0.205. The molecule has 2 N–H and O–H groups in total. The molecule has 134 valence electrons. The minimum Gasteiger partial charge on any atom is -0.456 e. The van der Waals surface area contributed by atoms with Gasteiger partial charge >= 0.3 is 6.18 Å². The molecule has 1 aliphatic heterocycles. The van der Waals surface area contributed by atoms with Crippen LogP contribution in [0, 0.1) is 0 Å². The second-order valence-electron chi connectivity index (χ2n) is 6.10. The third-order valence-electron chi connectivity index (χ3n) is 4.42. The molecule has 1 fully saturated rings. The molecule has 1 heterocycles. The molecule has 6 heteroatoms. The SMILES string of the molecule is NCc1c(Oc2ccccc2C(F)(F)F)cccc1N1CCCCC1. The maximum atomic E-state index is 13.2. The number of hydrogen-bond donors (Lipinski definition) is 1. The summed E-state index contributed by atoms with van der Waals surface area (Å²) in [5, 5.41) is 0. The van der Waals surface area contributed by atoms with Crippen molar-refractivity contribution in [3.05, 3.63) is 53.6 Å². The van der Waals surface area contributed by atoms with Crippen molar-refractivity contribution in [3.63, 3.8) is 0 Å². The van der Waals surface area contributed by atoms with Gasteiger partial charge in [0.1, 0.15) is 11.5 Å². The smallest absolute Gasteiger partial charge is 0.419 e. The van der Waals surface area contributed by atoms with E-state index in [-0.39, 0.29) is 12.3 Å². The van der Waals surface area contributed by atoms with Crippen LogP contribution in [0.2, 0.25) is 0 Å². The van der Waals surface area contributed by atoms with Crippen LogP contribution < -0.4 is 15.4 Å². The zero-order valence-electron chi connectivity index (χ0n) is 13.9. The summed E-state index contributed by atoms with van der Waals surface area (Å²) in [6.07, 6.45) is -1.06. The number of para-hydroxylation sites is 1. The van der Waals surface area contributed by atoms with Crippen molar-refractivity contribution in [2.75, 3.05) is 18.0 Å². The van der Waals surface area contributed by atoms with Gasteiger partial charge in [-0.3, -0.25) is 0 Å². The highest BCUT2D eigenvalue weighted by Crippen LogP contribution is 2.40. The number of nitrogens with two attached hydrogens (primary N) is 1. The zero-order chi connectivity index (χ0) is 17.9. The molecule has 0 radical (unpaired) electrons. The Morgan fingerprint density at radius 1 is 0.920 bits per heavy atom. The van der Waals surface area contributed by atoms with Crippen molar-refractivity contribution in [1.82, 2.24) is 0 Å². The Morgan fingerprint density at radius 2 is 1.60 bits per heavy atom. The Morgan fingerprint density at radius 3 is 2.28 bits per heavy atom. The van der Waals surface area contributed by atoms with Gasteiger partial charge in [0, 0.05) is 30.9 Å². The molecule has 2 aromatic carbocycles. The molecule has 2 aromatic rings. The Balaban J connectivity index is 1.96. The van der Waals surface area contributed by atoms with E-state index in [0.717, 1.165) is 43.2 Å². The van der Waals surface area contributed by atoms with E-state index >= 15 is 0 Å². The van der Waals surface area contributed by atoms with Crippen molar-refractivity contribution in [1.29, 1.82) is 0 Å². The molecule has 1 aliphatic rings. The number of anilines is 1. The van der Waals surface area contributed by atoms with Crippen molar-refractivity contribution >= 4 is 5.69 Å². The molecule has 25 heavy (non-hydrogen) atoms. The minimum atomic E-state index is -4.47. The van der Waals surface area contributed by atoms with Gasteiger partial charge < -0.3 is 15.4 Å². The number of benzene rings is 2. The highest BCUT2D eigenvalue weighted by molar-refractivity contribution is 5.60. The number of nitrogens with zero attached hydrogens (tertiary/aromatic N) is 1. The van der Waals surface area contributed by atoms with E-state index in [1.165, 1.54) is 24.6 Å². The summed E-state index contributed by atoms with van der Waals surface area (Å²) in [6, 6.07) is 10.7. The lowest BCUT2D eigenvalue weighted by Gasteiger charge is -2.31. The van der Waals surface area contributed by atoms with Gasteiger partial charge in [0.15, 0.2) is 0 Å². The monoisotopic (exact) mass is 350 g/mol. The third-order valence-corrected chi connectivity index (χ3v) is 4.42. The largest absolute Gasteiger partial charge is 0.456 e. The number of halogens is 3. The quantitative estimate of drug-likeness (QED) is 0.848. The van der Waals surface area contributed by atoms with Gasteiger partial charge in [-0.05, 0) is 43.5 Å².